The number of ether oxygens (including phenoxy) is 1. The number of benzene rings is 2. The minimum atomic E-state index is 0.0119. The van der Waals surface area contributed by atoms with E-state index in [1.165, 1.54) is 5.56 Å². The highest BCUT2D eigenvalue weighted by Gasteiger charge is 2.06. The zero-order valence-corrected chi connectivity index (χ0v) is 13.1. The highest BCUT2D eigenvalue weighted by atomic mass is 32.2. The number of rotatable bonds is 6. The number of hydrogen-bond acceptors (Lipinski definition) is 3. The Hall–Kier alpha value is -1.94. The fourth-order valence-electron chi connectivity index (χ4n) is 1.99. The maximum Gasteiger partial charge on any atom is 0.234 e. The van der Waals surface area contributed by atoms with Crippen molar-refractivity contribution in [3.63, 3.8) is 0 Å². The molecule has 0 aliphatic carbocycles. The number of aryl methyl sites for hydroxylation is 1. The SMILES string of the molecule is COc1ccc(C)cc1CSCC(=O)Nc1ccccc1. The second-order valence-electron chi connectivity index (χ2n) is 4.72. The molecule has 0 bridgehead atoms. The molecule has 2 aromatic rings. The minimum absolute atomic E-state index is 0.0119. The van der Waals surface area contributed by atoms with Gasteiger partial charge in [0, 0.05) is 17.0 Å². The van der Waals surface area contributed by atoms with Crippen LogP contribution < -0.4 is 10.1 Å². The molecule has 0 atom stereocenters. The number of nitrogens with one attached hydrogen (secondary N) is 1. The van der Waals surface area contributed by atoms with Gasteiger partial charge in [0.1, 0.15) is 5.75 Å². The van der Waals surface area contributed by atoms with Crippen molar-refractivity contribution in [1.29, 1.82) is 0 Å². The molecule has 3 nitrogen and oxygen atoms in total. The second-order valence-corrected chi connectivity index (χ2v) is 5.71. The van der Waals surface area contributed by atoms with E-state index in [0.717, 1.165) is 22.8 Å². The summed E-state index contributed by atoms with van der Waals surface area (Å²) in [7, 11) is 1.67. The molecule has 0 aliphatic rings. The Morgan fingerprint density at radius 1 is 1.19 bits per heavy atom. The first-order chi connectivity index (χ1) is 10.2. The maximum absolute atomic E-state index is 11.9. The van der Waals surface area contributed by atoms with Crippen molar-refractivity contribution >= 4 is 23.4 Å². The fourth-order valence-corrected chi connectivity index (χ4v) is 2.80. The van der Waals surface area contributed by atoms with Crippen molar-refractivity contribution in [2.24, 2.45) is 0 Å². The summed E-state index contributed by atoms with van der Waals surface area (Å²) in [5, 5.41) is 2.88. The summed E-state index contributed by atoms with van der Waals surface area (Å²) in [6.07, 6.45) is 0. The Labute approximate surface area is 129 Å². The summed E-state index contributed by atoms with van der Waals surface area (Å²) >= 11 is 1.58. The van der Waals surface area contributed by atoms with E-state index in [9.17, 15) is 4.79 Å². The van der Waals surface area contributed by atoms with Gasteiger partial charge in [-0.05, 0) is 25.1 Å². The number of carbonyl (C=O) groups is 1. The van der Waals surface area contributed by atoms with E-state index in [0.29, 0.717) is 5.75 Å². The van der Waals surface area contributed by atoms with E-state index in [-0.39, 0.29) is 5.91 Å². The largest absolute Gasteiger partial charge is 0.496 e. The van der Waals surface area contributed by atoms with Crippen molar-refractivity contribution in [2.75, 3.05) is 18.2 Å². The van der Waals surface area contributed by atoms with Crippen molar-refractivity contribution in [2.45, 2.75) is 12.7 Å². The number of anilines is 1. The quantitative estimate of drug-likeness (QED) is 0.880. The van der Waals surface area contributed by atoms with Gasteiger partial charge >= 0.3 is 0 Å². The molecule has 0 saturated carbocycles. The summed E-state index contributed by atoms with van der Waals surface area (Å²) in [6, 6.07) is 15.6. The molecule has 0 heterocycles. The lowest BCUT2D eigenvalue weighted by Crippen LogP contribution is -2.14. The Bertz CT molecular complexity index is 599. The van der Waals surface area contributed by atoms with Crippen LogP contribution in [0.5, 0.6) is 5.75 Å². The summed E-state index contributed by atoms with van der Waals surface area (Å²) < 4.78 is 5.34. The first-order valence-corrected chi connectivity index (χ1v) is 7.90. The van der Waals surface area contributed by atoms with Gasteiger partial charge in [-0.25, -0.2) is 0 Å². The van der Waals surface area contributed by atoms with Gasteiger partial charge < -0.3 is 10.1 Å². The zero-order chi connectivity index (χ0) is 15.1. The van der Waals surface area contributed by atoms with Crippen molar-refractivity contribution in [3.8, 4) is 5.75 Å². The lowest BCUT2D eigenvalue weighted by Gasteiger charge is -2.09. The number of hydrogen-bond donors (Lipinski definition) is 1. The Morgan fingerprint density at radius 3 is 2.67 bits per heavy atom. The van der Waals surface area contributed by atoms with Gasteiger partial charge in [0.2, 0.25) is 5.91 Å². The average molecular weight is 301 g/mol. The van der Waals surface area contributed by atoms with Crippen molar-refractivity contribution < 1.29 is 9.53 Å². The van der Waals surface area contributed by atoms with Gasteiger partial charge in [0.15, 0.2) is 0 Å². The monoisotopic (exact) mass is 301 g/mol. The van der Waals surface area contributed by atoms with E-state index < -0.39 is 0 Å². The Kier molecular flexibility index (Phi) is 5.69. The molecule has 110 valence electrons. The van der Waals surface area contributed by atoms with Gasteiger partial charge in [0.25, 0.3) is 0 Å². The first kappa shape index (κ1) is 15.4. The van der Waals surface area contributed by atoms with E-state index in [2.05, 4.69) is 18.3 Å². The molecule has 2 rings (SSSR count). The van der Waals surface area contributed by atoms with Crippen LogP contribution in [0.3, 0.4) is 0 Å². The molecule has 0 spiro atoms. The zero-order valence-electron chi connectivity index (χ0n) is 12.3. The van der Waals surface area contributed by atoms with Crippen LogP contribution in [0.2, 0.25) is 0 Å². The van der Waals surface area contributed by atoms with E-state index >= 15 is 0 Å². The third-order valence-corrected chi connectivity index (χ3v) is 3.97. The lowest BCUT2D eigenvalue weighted by molar-refractivity contribution is -0.113. The van der Waals surface area contributed by atoms with E-state index in [4.69, 9.17) is 4.74 Å². The summed E-state index contributed by atoms with van der Waals surface area (Å²) in [6.45, 7) is 2.05. The smallest absolute Gasteiger partial charge is 0.234 e. The molecule has 0 radical (unpaired) electrons. The number of methoxy groups -OCH3 is 1. The average Bonchev–Trinajstić information content (AvgIpc) is 2.48. The molecule has 1 amide bonds. The third-order valence-electron chi connectivity index (χ3n) is 2.98. The predicted octanol–water partition coefficient (Wildman–Crippen LogP) is 3.88. The van der Waals surface area contributed by atoms with Crippen LogP contribution in [0.1, 0.15) is 11.1 Å². The highest BCUT2D eigenvalue weighted by Crippen LogP contribution is 2.24. The van der Waals surface area contributed by atoms with Crippen LogP contribution >= 0.6 is 11.8 Å². The molecule has 0 fully saturated rings. The predicted molar refractivity (Wildman–Crippen MR) is 89.0 cm³/mol. The third kappa shape index (κ3) is 4.83. The van der Waals surface area contributed by atoms with Gasteiger partial charge in [-0.2, -0.15) is 0 Å². The summed E-state index contributed by atoms with van der Waals surface area (Å²) in [5.74, 6) is 2.06. The van der Waals surface area contributed by atoms with Gasteiger partial charge in [0.05, 0.1) is 12.9 Å². The molecule has 4 heteroatoms. The number of amides is 1. The van der Waals surface area contributed by atoms with Gasteiger partial charge in [-0.15, -0.1) is 11.8 Å². The van der Waals surface area contributed by atoms with E-state index in [1.54, 1.807) is 18.9 Å². The summed E-state index contributed by atoms with van der Waals surface area (Å²) in [5.41, 5.74) is 3.14. The van der Waals surface area contributed by atoms with Crippen LogP contribution in [0.25, 0.3) is 0 Å². The van der Waals surface area contributed by atoms with E-state index in [1.807, 2.05) is 42.5 Å². The van der Waals surface area contributed by atoms with Gasteiger partial charge in [-0.3, -0.25) is 4.79 Å². The molecule has 0 aliphatic heterocycles. The van der Waals surface area contributed by atoms with Crippen LogP contribution in [-0.4, -0.2) is 18.8 Å². The topological polar surface area (TPSA) is 38.3 Å². The molecular formula is C17H19NO2S. The minimum Gasteiger partial charge on any atom is -0.496 e. The van der Waals surface area contributed by atoms with Crippen molar-refractivity contribution in [1.82, 2.24) is 0 Å². The number of thioether (sulfide) groups is 1. The lowest BCUT2D eigenvalue weighted by atomic mass is 10.1. The van der Waals surface area contributed by atoms with Crippen LogP contribution in [0.15, 0.2) is 48.5 Å². The molecule has 1 N–H and O–H groups in total. The molecule has 0 unspecified atom stereocenters. The normalized spacial score (nSPS) is 10.2. The maximum atomic E-state index is 11.9. The standard InChI is InChI=1S/C17H19NO2S/c1-13-8-9-16(20-2)14(10-13)11-21-12-17(19)18-15-6-4-3-5-7-15/h3-10H,11-12H2,1-2H3,(H,18,19). The van der Waals surface area contributed by atoms with Gasteiger partial charge in [-0.1, -0.05) is 35.9 Å². The molecular weight excluding hydrogens is 282 g/mol. The molecule has 0 aromatic heterocycles. The first-order valence-electron chi connectivity index (χ1n) is 6.75. The number of carbonyl (C=O) groups excluding carboxylic acids is 1. The van der Waals surface area contributed by atoms with Crippen LogP contribution in [0, 0.1) is 6.92 Å². The molecule has 2 aromatic carbocycles. The fraction of sp³-hybridized carbons (Fsp3) is 0.235. The molecule has 21 heavy (non-hydrogen) atoms. The van der Waals surface area contributed by atoms with Crippen molar-refractivity contribution in [3.05, 3.63) is 59.7 Å². The summed E-state index contributed by atoms with van der Waals surface area (Å²) in [4.78, 5) is 11.9. The number of para-hydroxylation sites is 1. The Morgan fingerprint density at radius 2 is 1.95 bits per heavy atom. The Balaban J connectivity index is 1.84. The highest BCUT2D eigenvalue weighted by molar-refractivity contribution is 7.99. The van der Waals surface area contributed by atoms with Crippen LogP contribution in [-0.2, 0) is 10.5 Å². The second kappa shape index (κ2) is 7.74. The van der Waals surface area contributed by atoms with Crippen LogP contribution in [0.4, 0.5) is 5.69 Å². The molecule has 0 saturated heterocycles.